The molecule has 0 saturated carbocycles. The minimum Gasteiger partial charge on any atom is -1.00 e. The van der Waals surface area contributed by atoms with Crippen molar-refractivity contribution in [2.45, 2.75) is 202 Å². The molecule has 0 N–H and O–H groups in total. The first-order chi connectivity index (χ1) is 69.7. The highest BCUT2D eigenvalue weighted by Gasteiger charge is 2.54. The molecule has 14 atom stereocenters. The molecule has 12 aromatic rings. The van der Waals surface area contributed by atoms with Gasteiger partial charge in [-0.3, -0.25) is 25.9 Å². The maximum atomic E-state index is 9.67. The standard InChI is InChI=1S/2C29H35O3S.2C26H28O3S.2C3H7I.2BF3.2FH/c2*1-2-18-33-23-27(31-20-25-14-8-4-9-15-25)29(32-21-26-16-10-5-11-17-26)28(33)22-30-19-24-12-6-3-7-13-24;2*1-4-10-21(11-5-1)16-27-19-25-26(29-18-23-14-8-3-9-15-23)24(20-30-25)28-17-22-12-6-2-7-13-22;2*1-2-3-4;2*2-1(3)4;;/h2*3-17,27-29H,2,18-23H2,1H3;2*1-15,24-26H,16-20H2;2*2-3H2,1H3;;;2*1H/q2*+1;;;;;;;;/p-2/t2*27-,28-,29+,33?;2*24-,25-,26+;;;;;;/m1111....../s1. The summed E-state index contributed by atoms with van der Waals surface area (Å²) in [7, 11) is -6.88. The molecular weight excluding hydrogens is 2140 g/mol. The van der Waals surface area contributed by atoms with Crippen LogP contribution in [0.2, 0.25) is 0 Å². The van der Waals surface area contributed by atoms with E-state index in [-0.39, 0.29) is 90.5 Å². The number of thioether (sulfide) groups is 2. The molecule has 2 unspecified atom stereocenters. The van der Waals surface area contributed by atoms with Crippen LogP contribution in [0.15, 0.2) is 364 Å². The van der Waals surface area contributed by atoms with Crippen molar-refractivity contribution in [2.75, 3.05) is 69.8 Å². The van der Waals surface area contributed by atoms with Crippen LogP contribution in [-0.2, 0) is 158 Å². The highest BCUT2D eigenvalue weighted by Crippen LogP contribution is 2.38. The molecule has 0 spiro atoms. The molecular formula is C116H140B2F8I2O12S4. The van der Waals surface area contributed by atoms with Crippen molar-refractivity contribution in [2.24, 2.45) is 0 Å². The zero-order valence-corrected chi connectivity index (χ0v) is 90.4. The van der Waals surface area contributed by atoms with Gasteiger partial charge >= 0.3 is 15.1 Å². The van der Waals surface area contributed by atoms with Crippen LogP contribution < -0.4 is 9.41 Å². The Balaban J connectivity index is 0.000000246. The molecule has 4 heterocycles. The average molecular weight is 2280 g/mol. The van der Waals surface area contributed by atoms with Crippen molar-refractivity contribution in [3.8, 4) is 0 Å². The fourth-order valence-corrected chi connectivity index (χ4v) is 24.2. The SMILES string of the molecule is CCCI.CCCI.CCC[S+]1C[C@@H](OCc2ccccc2)[C@H](OCc2ccccc2)[C@H]1COCc1ccccc1.CCC[S+]1C[C@@H](OCc2ccccc2)[C@H](OCc2ccccc2)[C@H]1COCc1ccccc1.FB(F)F.FB(F)F.[F-].[F-].c1ccc(COC[C@H]2SC[C@@H](OCc3ccccc3)[C@@H]2OCc2ccccc2)cc1.c1ccc(COC[C@H]2SC[C@@H](OCc3ccccc3)[C@@H]2OCc2ccccc2)cc1. The summed E-state index contributed by atoms with van der Waals surface area (Å²) in [5, 5.41) is 1.24. The minimum atomic E-state index is -3.67. The van der Waals surface area contributed by atoms with Crippen LogP contribution in [0.5, 0.6) is 0 Å². The van der Waals surface area contributed by atoms with E-state index in [0.29, 0.717) is 116 Å². The maximum Gasteiger partial charge on any atom is 0.762 e. The number of ether oxygens (including phenoxy) is 12. The number of benzene rings is 12. The van der Waals surface area contributed by atoms with Crippen molar-refractivity contribution >= 4 is 106 Å². The van der Waals surface area contributed by atoms with Crippen LogP contribution in [0, 0.1) is 0 Å². The monoisotopic (exact) mass is 2280 g/mol. The van der Waals surface area contributed by atoms with Crippen LogP contribution in [0.4, 0.5) is 25.9 Å². The van der Waals surface area contributed by atoms with Crippen LogP contribution in [0.3, 0.4) is 0 Å². The number of rotatable bonds is 46. The minimum absolute atomic E-state index is 0. The third-order valence-electron chi connectivity index (χ3n) is 22.7. The fourth-order valence-electron chi connectivity index (χ4n) is 15.7. The summed E-state index contributed by atoms with van der Waals surface area (Å²) < 4.78 is 137. The Hall–Kier alpha value is -7.41. The van der Waals surface area contributed by atoms with E-state index < -0.39 is 15.1 Å². The van der Waals surface area contributed by atoms with Crippen LogP contribution in [0.1, 0.15) is 120 Å². The Kier molecular flexibility index (Phi) is 66.0. The van der Waals surface area contributed by atoms with Gasteiger partial charge < -0.3 is 66.3 Å². The molecule has 0 radical (unpaired) electrons. The van der Waals surface area contributed by atoms with Crippen molar-refractivity contribution < 1.29 is 92.1 Å². The highest BCUT2D eigenvalue weighted by molar-refractivity contribution is 14.1. The van der Waals surface area contributed by atoms with Crippen molar-refractivity contribution in [3.05, 3.63) is 431 Å². The van der Waals surface area contributed by atoms with Gasteiger partial charge in [-0.25, -0.2) is 0 Å². The molecule has 16 rings (SSSR count). The Morgan fingerprint density at radius 3 is 0.597 bits per heavy atom. The first kappa shape index (κ1) is 124. The summed E-state index contributed by atoms with van der Waals surface area (Å²) in [6.07, 6.45) is 5.37. The van der Waals surface area contributed by atoms with E-state index in [1.165, 1.54) is 113 Å². The first-order valence-electron chi connectivity index (χ1n) is 49.0. The van der Waals surface area contributed by atoms with E-state index in [9.17, 15) is 25.9 Å². The molecule has 4 aliphatic rings. The normalized spacial score (nSPS) is 19.8. The third kappa shape index (κ3) is 50.3. The summed E-state index contributed by atoms with van der Waals surface area (Å²) in [5.41, 5.74) is 14.4. The number of hydrogen-bond donors (Lipinski definition) is 0. The lowest BCUT2D eigenvalue weighted by atomic mass is 10.1. The van der Waals surface area contributed by atoms with Gasteiger partial charge in [0.1, 0.15) is 47.4 Å². The molecule has 144 heavy (non-hydrogen) atoms. The fraction of sp³-hybridized carbons (Fsp3) is 0.379. The van der Waals surface area contributed by atoms with Crippen molar-refractivity contribution in [1.29, 1.82) is 0 Å². The van der Waals surface area contributed by atoms with Gasteiger partial charge in [0, 0.05) is 11.5 Å². The zero-order chi connectivity index (χ0) is 100. The van der Waals surface area contributed by atoms with Gasteiger partial charge in [0.05, 0.1) is 141 Å². The second-order valence-corrected chi connectivity index (χ2v) is 43.4. The zero-order valence-electron chi connectivity index (χ0n) is 82.8. The van der Waals surface area contributed by atoms with Crippen LogP contribution >= 0.6 is 68.7 Å². The lowest BCUT2D eigenvalue weighted by Gasteiger charge is -2.25. The van der Waals surface area contributed by atoms with Crippen LogP contribution in [-0.4, -0.2) is 155 Å². The molecule has 0 amide bonds. The molecule has 4 aliphatic heterocycles. The third-order valence-corrected chi connectivity index (χ3v) is 33.5. The summed E-state index contributed by atoms with van der Waals surface area (Å²) in [6, 6.07) is 124. The molecule has 776 valence electrons. The topological polar surface area (TPSA) is 111 Å². The highest BCUT2D eigenvalue weighted by atomic mass is 127. The quantitative estimate of drug-likeness (QED) is 0.0119. The molecule has 12 aromatic carbocycles. The molecule has 28 heteroatoms. The molecule has 12 nitrogen and oxygen atoms in total. The Bertz CT molecular complexity index is 4710. The van der Waals surface area contributed by atoms with E-state index in [1.807, 2.05) is 169 Å². The van der Waals surface area contributed by atoms with Crippen molar-refractivity contribution in [1.82, 2.24) is 0 Å². The second kappa shape index (κ2) is 77.0. The van der Waals surface area contributed by atoms with E-state index in [2.05, 4.69) is 291 Å². The van der Waals surface area contributed by atoms with E-state index in [4.69, 9.17) is 56.8 Å². The van der Waals surface area contributed by atoms with Gasteiger partial charge in [-0.2, -0.15) is 23.5 Å². The Labute approximate surface area is 893 Å². The lowest BCUT2D eigenvalue weighted by Crippen LogP contribution is -3.00. The van der Waals surface area contributed by atoms with Gasteiger partial charge in [-0.1, -0.05) is 437 Å². The summed E-state index contributed by atoms with van der Waals surface area (Å²) in [5.74, 6) is 6.36. The molecule has 0 aliphatic carbocycles. The predicted molar refractivity (Wildman–Crippen MR) is 596 cm³/mol. The summed E-state index contributed by atoms with van der Waals surface area (Å²) in [4.78, 5) is 0. The van der Waals surface area contributed by atoms with Gasteiger partial charge in [0.25, 0.3) is 0 Å². The molecule has 0 aromatic heterocycles. The van der Waals surface area contributed by atoms with Gasteiger partial charge in [0.2, 0.25) is 0 Å². The average Bonchev–Trinajstić information content (AvgIpc) is 1.67. The maximum absolute atomic E-state index is 9.67. The summed E-state index contributed by atoms with van der Waals surface area (Å²) in [6.45, 7) is 19.0. The Morgan fingerprint density at radius 2 is 0.410 bits per heavy atom. The van der Waals surface area contributed by atoms with Gasteiger partial charge in [-0.05, 0) is 123 Å². The largest absolute Gasteiger partial charge is 1.00 e. The van der Waals surface area contributed by atoms with E-state index >= 15 is 0 Å². The second-order valence-electron chi connectivity index (χ2n) is 33.9. The molecule has 4 fully saturated rings. The van der Waals surface area contributed by atoms with Gasteiger partial charge in [-0.15, -0.1) is 0 Å². The lowest BCUT2D eigenvalue weighted by molar-refractivity contribution is -0.0768. The smallest absolute Gasteiger partial charge is 0.762 e. The number of alkyl halides is 2. The number of halogens is 10. The van der Waals surface area contributed by atoms with Crippen LogP contribution in [0.25, 0.3) is 0 Å². The predicted octanol–water partition coefficient (Wildman–Crippen LogP) is 22.0. The van der Waals surface area contributed by atoms with Gasteiger partial charge in [0.15, 0.2) is 10.5 Å². The molecule has 4 saturated heterocycles. The van der Waals surface area contributed by atoms with Crippen molar-refractivity contribution in [3.63, 3.8) is 0 Å². The van der Waals surface area contributed by atoms with E-state index in [0.717, 1.165) is 23.0 Å². The first-order valence-corrected chi connectivity index (χ1v) is 57.4. The Morgan fingerprint density at radius 1 is 0.243 bits per heavy atom. The molecule has 0 bridgehead atoms. The van der Waals surface area contributed by atoms with E-state index in [1.54, 1.807) is 0 Å². The number of hydrogen-bond acceptors (Lipinski definition) is 14. The summed E-state index contributed by atoms with van der Waals surface area (Å²) >= 11 is 8.48.